The lowest BCUT2D eigenvalue weighted by atomic mass is 10.0. The zero-order chi connectivity index (χ0) is 17.0. The number of benzene rings is 1. The molecule has 6 heteroatoms. The number of amides is 2. The average molecular weight is 318 g/mol. The van der Waals surface area contributed by atoms with Gasteiger partial charge in [0.05, 0.1) is 5.69 Å². The van der Waals surface area contributed by atoms with Crippen molar-refractivity contribution in [2.24, 2.45) is 0 Å². The van der Waals surface area contributed by atoms with Gasteiger partial charge in [0.2, 0.25) is 5.91 Å². The Kier molecular flexibility index (Phi) is 5.36. The summed E-state index contributed by atoms with van der Waals surface area (Å²) in [5.74, 6) is 0.304. The highest BCUT2D eigenvalue weighted by molar-refractivity contribution is 6.02. The number of carbonyl (C=O) groups is 3. The number of Topliss-reactive ketones (excluding diaryl/α,β-unsaturated/α-hetero) is 1. The first-order valence-corrected chi connectivity index (χ1v) is 7.82. The first-order chi connectivity index (χ1) is 11.0. The van der Waals surface area contributed by atoms with E-state index in [-0.39, 0.29) is 37.0 Å². The second-order valence-corrected chi connectivity index (χ2v) is 5.41. The van der Waals surface area contributed by atoms with Crippen LogP contribution in [0.25, 0.3) is 0 Å². The van der Waals surface area contributed by atoms with Gasteiger partial charge in [-0.1, -0.05) is 0 Å². The molecule has 0 spiro atoms. The molecule has 0 N–H and O–H groups in total. The Morgan fingerprint density at radius 1 is 1.22 bits per heavy atom. The maximum Gasteiger partial charge on any atom is 0.264 e. The van der Waals surface area contributed by atoms with E-state index >= 15 is 0 Å². The number of carbonyl (C=O) groups excluding carboxylic acids is 3. The minimum atomic E-state index is -0.154. The van der Waals surface area contributed by atoms with Crippen molar-refractivity contribution in [1.82, 2.24) is 4.90 Å². The monoisotopic (exact) mass is 318 g/mol. The predicted octanol–water partition coefficient (Wildman–Crippen LogP) is 1.87. The number of hydrogen-bond acceptors (Lipinski definition) is 4. The minimum absolute atomic E-state index is 0.00909. The smallest absolute Gasteiger partial charge is 0.264 e. The molecule has 2 rings (SSSR count). The molecule has 6 nitrogen and oxygen atoms in total. The number of ether oxygens (including phenoxy) is 1. The third-order valence-electron chi connectivity index (χ3n) is 4.05. The summed E-state index contributed by atoms with van der Waals surface area (Å²) in [7, 11) is 1.65. The second-order valence-electron chi connectivity index (χ2n) is 5.41. The molecule has 1 aliphatic heterocycles. The molecule has 2 amide bonds. The molecule has 0 bridgehead atoms. The third-order valence-corrected chi connectivity index (χ3v) is 4.05. The highest BCUT2D eigenvalue weighted by Crippen LogP contribution is 2.32. The highest BCUT2D eigenvalue weighted by atomic mass is 16.5. The van der Waals surface area contributed by atoms with Gasteiger partial charge in [-0.3, -0.25) is 14.4 Å². The van der Waals surface area contributed by atoms with E-state index in [1.54, 1.807) is 30.1 Å². The van der Waals surface area contributed by atoms with Gasteiger partial charge in [-0.05, 0) is 32.0 Å². The minimum Gasteiger partial charge on any atom is -0.482 e. The van der Waals surface area contributed by atoms with Crippen LogP contribution in [0.4, 0.5) is 5.69 Å². The van der Waals surface area contributed by atoms with E-state index in [4.69, 9.17) is 4.74 Å². The van der Waals surface area contributed by atoms with Crippen LogP contribution in [-0.2, 0) is 9.59 Å². The van der Waals surface area contributed by atoms with Crippen molar-refractivity contribution in [3.05, 3.63) is 23.8 Å². The Morgan fingerprint density at radius 3 is 2.57 bits per heavy atom. The number of rotatable bonds is 6. The SMILES string of the molecule is CCN(CC)C(=O)CCC(=O)c1ccc2c(c1)N(C)C(=O)CO2. The van der Waals surface area contributed by atoms with Crippen LogP contribution in [0.5, 0.6) is 5.75 Å². The van der Waals surface area contributed by atoms with Crippen LogP contribution in [0.3, 0.4) is 0 Å². The fourth-order valence-electron chi connectivity index (χ4n) is 2.54. The highest BCUT2D eigenvalue weighted by Gasteiger charge is 2.23. The van der Waals surface area contributed by atoms with Crippen LogP contribution < -0.4 is 9.64 Å². The van der Waals surface area contributed by atoms with E-state index in [1.807, 2.05) is 13.8 Å². The van der Waals surface area contributed by atoms with Crippen molar-refractivity contribution >= 4 is 23.3 Å². The maximum atomic E-state index is 12.3. The van der Waals surface area contributed by atoms with Crippen molar-refractivity contribution in [3.63, 3.8) is 0 Å². The summed E-state index contributed by atoms with van der Waals surface area (Å²) in [5.41, 5.74) is 1.07. The van der Waals surface area contributed by atoms with E-state index in [1.165, 1.54) is 4.90 Å². The van der Waals surface area contributed by atoms with Gasteiger partial charge in [-0.2, -0.15) is 0 Å². The molecule has 0 saturated heterocycles. The molecule has 1 aliphatic rings. The van der Waals surface area contributed by atoms with Crippen LogP contribution >= 0.6 is 0 Å². The number of hydrogen-bond donors (Lipinski definition) is 0. The first-order valence-electron chi connectivity index (χ1n) is 7.82. The standard InChI is InChI=1S/C17H22N2O4/c1-4-19(5-2)16(21)9-7-14(20)12-6-8-15-13(10-12)18(3)17(22)11-23-15/h6,8,10H,4-5,7,9,11H2,1-3H3. The van der Waals surface area contributed by atoms with Gasteiger partial charge in [0.25, 0.3) is 5.91 Å². The Hall–Kier alpha value is -2.37. The second kappa shape index (κ2) is 7.26. The van der Waals surface area contributed by atoms with Crippen molar-refractivity contribution in [2.45, 2.75) is 26.7 Å². The van der Waals surface area contributed by atoms with Gasteiger partial charge in [0.1, 0.15) is 5.75 Å². The molecule has 0 radical (unpaired) electrons. The van der Waals surface area contributed by atoms with E-state index in [0.29, 0.717) is 30.1 Å². The Bertz CT molecular complexity index is 623. The number of likely N-dealkylation sites (N-methyl/N-ethyl adjacent to an activating group) is 1. The van der Waals surface area contributed by atoms with Crippen LogP contribution in [0.2, 0.25) is 0 Å². The zero-order valence-corrected chi connectivity index (χ0v) is 13.8. The zero-order valence-electron chi connectivity index (χ0n) is 13.8. The van der Waals surface area contributed by atoms with Gasteiger partial charge in [-0.25, -0.2) is 0 Å². The largest absolute Gasteiger partial charge is 0.482 e. The summed E-state index contributed by atoms with van der Waals surface area (Å²) in [5, 5.41) is 0. The van der Waals surface area contributed by atoms with Gasteiger partial charge in [-0.15, -0.1) is 0 Å². The van der Waals surface area contributed by atoms with Crippen molar-refractivity contribution < 1.29 is 19.1 Å². The summed E-state index contributed by atoms with van der Waals surface area (Å²) < 4.78 is 5.34. The fourth-order valence-corrected chi connectivity index (χ4v) is 2.54. The fraction of sp³-hybridized carbons (Fsp3) is 0.471. The molecule has 0 fully saturated rings. The van der Waals surface area contributed by atoms with Gasteiger partial charge >= 0.3 is 0 Å². The van der Waals surface area contributed by atoms with Crippen LogP contribution in [0.1, 0.15) is 37.0 Å². The molecule has 0 aliphatic carbocycles. The lowest BCUT2D eigenvalue weighted by Gasteiger charge is -2.26. The Labute approximate surface area is 136 Å². The van der Waals surface area contributed by atoms with Crippen LogP contribution in [-0.4, -0.2) is 49.2 Å². The number of ketones is 1. The summed E-state index contributed by atoms with van der Waals surface area (Å²) in [4.78, 5) is 39.1. The van der Waals surface area contributed by atoms with E-state index in [2.05, 4.69) is 0 Å². The predicted molar refractivity (Wildman–Crippen MR) is 86.8 cm³/mol. The normalized spacial score (nSPS) is 13.3. The third kappa shape index (κ3) is 3.70. The van der Waals surface area contributed by atoms with E-state index < -0.39 is 0 Å². The molecule has 0 aromatic heterocycles. The summed E-state index contributed by atoms with van der Waals surface area (Å²) in [6.45, 7) is 5.13. The molecule has 0 atom stereocenters. The van der Waals surface area contributed by atoms with Gasteiger partial charge in [0, 0.05) is 38.5 Å². The number of anilines is 1. The number of fused-ring (bicyclic) bond motifs is 1. The van der Waals surface area contributed by atoms with Crippen molar-refractivity contribution in [2.75, 3.05) is 31.6 Å². The first kappa shape index (κ1) is 17.0. The number of nitrogens with zero attached hydrogens (tertiary/aromatic N) is 2. The van der Waals surface area contributed by atoms with E-state index in [0.717, 1.165) is 0 Å². The summed E-state index contributed by atoms with van der Waals surface area (Å²) >= 11 is 0. The van der Waals surface area contributed by atoms with Crippen molar-refractivity contribution in [1.29, 1.82) is 0 Å². The lowest BCUT2D eigenvalue weighted by molar-refractivity contribution is -0.130. The van der Waals surface area contributed by atoms with E-state index in [9.17, 15) is 14.4 Å². The van der Waals surface area contributed by atoms with Gasteiger partial charge < -0.3 is 14.5 Å². The summed E-state index contributed by atoms with van der Waals surface area (Å²) in [6.07, 6.45) is 0.357. The van der Waals surface area contributed by atoms with Gasteiger partial charge in [0.15, 0.2) is 12.4 Å². The Morgan fingerprint density at radius 2 is 1.91 bits per heavy atom. The molecule has 23 heavy (non-hydrogen) atoms. The molecule has 1 aromatic carbocycles. The van der Waals surface area contributed by atoms with Crippen LogP contribution in [0, 0.1) is 0 Å². The maximum absolute atomic E-state index is 12.3. The molecular formula is C17H22N2O4. The van der Waals surface area contributed by atoms with Crippen LogP contribution in [0.15, 0.2) is 18.2 Å². The lowest BCUT2D eigenvalue weighted by Crippen LogP contribution is -2.35. The molecule has 0 saturated carbocycles. The molecular weight excluding hydrogens is 296 g/mol. The quantitative estimate of drug-likeness (QED) is 0.751. The molecule has 124 valence electrons. The topological polar surface area (TPSA) is 66.9 Å². The molecule has 0 unspecified atom stereocenters. The Balaban J connectivity index is 2.06. The summed E-state index contributed by atoms with van der Waals surface area (Å²) in [6, 6.07) is 5.01. The molecule has 1 heterocycles. The molecule has 1 aromatic rings. The average Bonchev–Trinajstić information content (AvgIpc) is 2.57. The van der Waals surface area contributed by atoms with Crippen molar-refractivity contribution in [3.8, 4) is 5.75 Å².